The molecule has 1 fully saturated rings. The summed E-state index contributed by atoms with van der Waals surface area (Å²) in [5.41, 5.74) is 0.137. The van der Waals surface area contributed by atoms with Crippen molar-refractivity contribution in [3.63, 3.8) is 0 Å². The largest absolute Gasteiger partial charge is 0.452 e. The van der Waals surface area contributed by atoms with Crippen molar-refractivity contribution < 1.29 is 27.5 Å². The molecule has 0 atom stereocenters. The Labute approximate surface area is 171 Å². The number of nitrogens with zero attached hydrogens (tertiary/aromatic N) is 2. The van der Waals surface area contributed by atoms with Crippen LogP contribution in [0.2, 0.25) is 0 Å². The fourth-order valence-electron chi connectivity index (χ4n) is 2.84. The van der Waals surface area contributed by atoms with Crippen LogP contribution in [0.3, 0.4) is 0 Å². The second-order valence-electron chi connectivity index (χ2n) is 7.11. The minimum Gasteiger partial charge on any atom is -0.452 e. The van der Waals surface area contributed by atoms with Crippen LogP contribution in [0.1, 0.15) is 30.1 Å². The first-order chi connectivity index (χ1) is 13.6. The third-order valence-electron chi connectivity index (χ3n) is 4.88. The van der Waals surface area contributed by atoms with Crippen molar-refractivity contribution in [2.75, 3.05) is 40.3 Å². The maximum atomic E-state index is 12.7. The van der Waals surface area contributed by atoms with Gasteiger partial charge < -0.3 is 15.0 Å². The smallest absolute Gasteiger partial charge is 0.338 e. The van der Waals surface area contributed by atoms with Crippen molar-refractivity contribution in [2.24, 2.45) is 5.92 Å². The van der Waals surface area contributed by atoms with Gasteiger partial charge in [0.15, 0.2) is 6.61 Å². The predicted octanol–water partition coefficient (Wildman–Crippen LogP) is 0.468. The van der Waals surface area contributed by atoms with E-state index in [1.807, 2.05) is 0 Å². The van der Waals surface area contributed by atoms with Gasteiger partial charge in [-0.15, -0.1) is 0 Å². The number of likely N-dealkylation sites (N-methyl/N-ethyl adjacent to an activating group) is 2. The highest BCUT2D eigenvalue weighted by Crippen LogP contribution is 2.23. The van der Waals surface area contributed by atoms with Crippen LogP contribution in [0.25, 0.3) is 0 Å². The van der Waals surface area contributed by atoms with Gasteiger partial charge >= 0.3 is 5.97 Å². The number of piperidine rings is 1. The highest BCUT2D eigenvalue weighted by Gasteiger charge is 2.28. The van der Waals surface area contributed by atoms with Crippen molar-refractivity contribution in [1.29, 1.82) is 0 Å². The SMILES string of the molecule is CNC(=O)CN(C)C(=O)COC(=O)c1ccc(S(=O)(=O)N2CCC(C)CC2)cc1. The molecular weight excluding hydrogens is 398 g/mol. The van der Waals surface area contributed by atoms with E-state index in [1.54, 1.807) is 0 Å². The van der Waals surface area contributed by atoms with Crippen LogP contribution in [-0.4, -0.2) is 75.7 Å². The summed E-state index contributed by atoms with van der Waals surface area (Å²) < 4.78 is 31.8. The Morgan fingerprint density at radius 2 is 1.76 bits per heavy atom. The summed E-state index contributed by atoms with van der Waals surface area (Å²) in [5.74, 6) is -1.10. The molecule has 9 nitrogen and oxygen atoms in total. The third-order valence-corrected chi connectivity index (χ3v) is 6.80. The molecule has 1 saturated heterocycles. The Bertz CT molecular complexity index is 845. The lowest BCUT2D eigenvalue weighted by molar-refractivity contribution is -0.137. The van der Waals surface area contributed by atoms with Crippen molar-refractivity contribution in [2.45, 2.75) is 24.7 Å². The first-order valence-corrected chi connectivity index (χ1v) is 10.8. The molecule has 0 spiro atoms. The summed E-state index contributed by atoms with van der Waals surface area (Å²) in [6, 6.07) is 5.45. The van der Waals surface area contributed by atoms with Crippen LogP contribution in [0.5, 0.6) is 0 Å². The van der Waals surface area contributed by atoms with Crippen LogP contribution >= 0.6 is 0 Å². The molecule has 1 aliphatic heterocycles. The zero-order valence-electron chi connectivity index (χ0n) is 16.9. The number of amides is 2. The first-order valence-electron chi connectivity index (χ1n) is 9.37. The summed E-state index contributed by atoms with van der Waals surface area (Å²) in [5, 5.41) is 2.39. The zero-order valence-corrected chi connectivity index (χ0v) is 17.7. The number of ether oxygens (including phenoxy) is 1. The first kappa shape index (κ1) is 22.8. The average Bonchev–Trinajstić information content (AvgIpc) is 2.71. The highest BCUT2D eigenvalue weighted by atomic mass is 32.2. The van der Waals surface area contributed by atoms with E-state index in [-0.39, 0.29) is 22.9 Å². The van der Waals surface area contributed by atoms with Gasteiger partial charge in [-0.25, -0.2) is 13.2 Å². The molecule has 10 heteroatoms. The molecule has 160 valence electrons. The van der Waals surface area contributed by atoms with E-state index in [1.165, 1.54) is 42.7 Å². The van der Waals surface area contributed by atoms with Crippen LogP contribution in [0.4, 0.5) is 0 Å². The maximum Gasteiger partial charge on any atom is 0.338 e. The molecule has 0 bridgehead atoms. The number of esters is 1. The molecule has 2 rings (SSSR count). The molecule has 0 unspecified atom stereocenters. The van der Waals surface area contributed by atoms with Gasteiger partial charge in [-0.05, 0) is 43.0 Å². The van der Waals surface area contributed by atoms with Crippen molar-refractivity contribution in [3.8, 4) is 0 Å². The number of nitrogens with one attached hydrogen (secondary N) is 1. The van der Waals surface area contributed by atoms with Gasteiger partial charge in [0.1, 0.15) is 0 Å². The molecule has 2 amide bonds. The number of sulfonamides is 1. The van der Waals surface area contributed by atoms with Gasteiger partial charge in [-0.2, -0.15) is 4.31 Å². The Morgan fingerprint density at radius 3 is 2.31 bits per heavy atom. The third kappa shape index (κ3) is 6.01. The lowest BCUT2D eigenvalue weighted by Gasteiger charge is -2.29. The zero-order chi connectivity index (χ0) is 21.6. The van der Waals surface area contributed by atoms with E-state index in [0.29, 0.717) is 19.0 Å². The number of carbonyl (C=O) groups is 3. The molecule has 1 aliphatic rings. The van der Waals surface area contributed by atoms with E-state index >= 15 is 0 Å². The Kier molecular flexibility index (Phi) is 7.74. The van der Waals surface area contributed by atoms with Crippen molar-refractivity contribution >= 4 is 27.8 Å². The summed E-state index contributed by atoms with van der Waals surface area (Å²) in [6.07, 6.45) is 1.65. The van der Waals surface area contributed by atoms with Crippen LogP contribution in [-0.2, 0) is 24.3 Å². The van der Waals surface area contributed by atoms with Crippen LogP contribution < -0.4 is 5.32 Å². The molecule has 1 aromatic rings. The number of carbonyl (C=O) groups excluding carboxylic acids is 3. The van der Waals surface area contributed by atoms with Crippen molar-refractivity contribution in [1.82, 2.24) is 14.5 Å². The fraction of sp³-hybridized carbons (Fsp3) is 0.526. The predicted molar refractivity (Wildman–Crippen MR) is 106 cm³/mol. The topological polar surface area (TPSA) is 113 Å². The monoisotopic (exact) mass is 425 g/mol. The minimum atomic E-state index is -3.60. The molecule has 0 saturated carbocycles. The Morgan fingerprint density at radius 1 is 1.17 bits per heavy atom. The summed E-state index contributed by atoms with van der Waals surface area (Å²) in [6.45, 7) is 2.41. The Balaban J connectivity index is 1.94. The van der Waals surface area contributed by atoms with Gasteiger partial charge in [0.2, 0.25) is 15.9 Å². The summed E-state index contributed by atoms with van der Waals surface area (Å²) in [7, 11) is -0.719. The molecular formula is C19H27N3O6S. The highest BCUT2D eigenvalue weighted by molar-refractivity contribution is 7.89. The van der Waals surface area contributed by atoms with E-state index in [4.69, 9.17) is 4.74 Å². The second kappa shape index (κ2) is 9.84. The molecule has 0 aromatic heterocycles. The van der Waals surface area contributed by atoms with Gasteiger partial charge in [0, 0.05) is 27.2 Å². The number of rotatable bonds is 7. The molecule has 1 heterocycles. The van der Waals surface area contributed by atoms with E-state index < -0.39 is 28.5 Å². The van der Waals surface area contributed by atoms with Crippen LogP contribution in [0.15, 0.2) is 29.2 Å². The standard InChI is InChI=1S/C19H27N3O6S/c1-14-8-10-22(11-9-14)29(26,27)16-6-4-15(5-7-16)19(25)28-13-18(24)21(3)12-17(23)20-2/h4-7,14H,8-13H2,1-3H3,(H,20,23). The summed E-state index contributed by atoms with van der Waals surface area (Å²) in [4.78, 5) is 36.5. The lowest BCUT2D eigenvalue weighted by atomic mass is 10.0. The summed E-state index contributed by atoms with van der Waals surface area (Å²) >= 11 is 0. The van der Waals surface area contributed by atoms with Gasteiger partial charge in [0.25, 0.3) is 5.91 Å². The number of benzene rings is 1. The van der Waals surface area contributed by atoms with E-state index in [0.717, 1.165) is 17.7 Å². The maximum absolute atomic E-state index is 12.7. The molecule has 1 N–H and O–H groups in total. The van der Waals surface area contributed by atoms with Crippen LogP contribution in [0, 0.1) is 5.92 Å². The second-order valence-corrected chi connectivity index (χ2v) is 9.05. The van der Waals surface area contributed by atoms with Gasteiger partial charge in [0.05, 0.1) is 17.0 Å². The fourth-order valence-corrected chi connectivity index (χ4v) is 4.31. The lowest BCUT2D eigenvalue weighted by Crippen LogP contribution is -2.39. The molecule has 29 heavy (non-hydrogen) atoms. The van der Waals surface area contributed by atoms with Gasteiger partial charge in [-0.1, -0.05) is 6.92 Å². The van der Waals surface area contributed by atoms with Gasteiger partial charge in [-0.3, -0.25) is 9.59 Å². The average molecular weight is 426 g/mol. The molecule has 0 radical (unpaired) electrons. The molecule has 0 aliphatic carbocycles. The minimum absolute atomic E-state index is 0.116. The van der Waals surface area contributed by atoms with E-state index in [2.05, 4.69) is 12.2 Å². The number of hydrogen-bond acceptors (Lipinski definition) is 6. The van der Waals surface area contributed by atoms with E-state index in [9.17, 15) is 22.8 Å². The molecule has 1 aromatic carbocycles. The normalized spacial score (nSPS) is 15.6. The number of hydrogen-bond donors (Lipinski definition) is 1. The van der Waals surface area contributed by atoms with Crippen molar-refractivity contribution in [3.05, 3.63) is 29.8 Å². The Hall–Kier alpha value is -2.46. The quantitative estimate of drug-likeness (QED) is 0.636.